The van der Waals surface area contributed by atoms with E-state index in [4.69, 9.17) is 4.74 Å². The standard InChI is InChI=1S/C10H22O2/c1-5-8(3)7-10(11)9(4)12-6-2/h8-11H,5-7H2,1-4H3. The quantitative estimate of drug-likeness (QED) is 0.669. The van der Waals surface area contributed by atoms with Crippen LogP contribution in [0.3, 0.4) is 0 Å². The van der Waals surface area contributed by atoms with Crippen molar-refractivity contribution in [3.05, 3.63) is 0 Å². The summed E-state index contributed by atoms with van der Waals surface area (Å²) in [5, 5.41) is 9.63. The number of aliphatic hydroxyl groups is 1. The summed E-state index contributed by atoms with van der Waals surface area (Å²) in [5.41, 5.74) is 0. The average Bonchev–Trinajstić information content (AvgIpc) is 2.04. The molecule has 2 nitrogen and oxygen atoms in total. The Morgan fingerprint density at radius 2 is 1.83 bits per heavy atom. The zero-order valence-corrected chi connectivity index (χ0v) is 8.71. The minimum atomic E-state index is -0.306. The lowest BCUT2D eigenvalue weighted by Crippen LogP contribution is -2.27. The van der Waals surface area contributed by atoms with Crippen LogP contribution in [0.15, 0.2) is 0 Å². The van der Waals surface area contributed by atoms with Crippen LogP contribution in [0.25, 0.3) is 0 Å². The van der Waals surface area contributed by atoms with Gasteiger partial charge in [0.25, 0.3) is 0 Å². The Morgan fingerprint density at radius 1 is 1.25 bits per heavy atom. The maximum atomic E-state index is 9.63. The highest BCUT2D eigenvalue weighted by atomic mass is 16.5. The van der Waals surface area contributed by atoms with Crippen molar-refractivity contribution in [2.75, 3.05) is 6.61 Å². The lowest BCUT2D eigenvalue weighted by atomic mass is 9.98. The molecular weight excluding hydrogens is 152 g/mol. The SMILES string of the molecule is CCOC(C)C(O)CC(C)CC. The molecule has 0 aliphatic carbocycles. The zero-order chi connectivity index (χ0) is 9.56. The Hall–Kier alpha value is -0.0800. The molecule has 0 saturated heterocycles. The summed E-state index contributed by atoms with van der Waals surface area (Å²) < 4.78 is 5.30. The minimum absolute atomic E-state index is 0.0241. The molecule has 1 N–H and O–H groups in total. The Balaban J connectivity index is 3.62. The zero-order valence-electron chi connectivity index (χ0n) is 8.71. The number of hydrogen-bond acceptors (Lipinski definition) is 2. The van der Waals surface area contributed by atoms with E-state index in [1.165, 1.54) is 0 Å². The van der Waals surface area contributed by atoms with Gasteiger partial charge in [-0.2, -0.15) is 0 Å². The summed E-state index contributed by atoms with van der Waals surface area (Å²) in [6.07, 6.45) is 1.64. The second kappa shape index (κ2) is 6.44. The van der Waals surface area contributed by atoms with Crippen LogP contribution in [0.5, 0.6) is 0 Å². The van der Waals surface area contributed by atoms with Crippen molar-refractivity contribution in [3.8, 4) is 0 Å². The van der Waals surface area contributed by atoms with Gasteiger partial charge in [-0.1, -0.05) is 20.3 Å². The molecule has 0 aromatic heterocycles. The highest BCUT2D eigenvalue weighted by Gasteiger charge is 2.16. The molecule has 3 unspecified atom stereocenters. The van der Waals surface area contributed by atoms with Crippen LogP contribution in [0.4, 0.5) is 0 Å². The molecule has 0 fully saturated rings. The number of ether oxygens (including phenoxy) is 1. The van der Waals surface area contributed by atoms with Gasteiger partial charge in [-0.3, -0.25) is 0 Å². The van der Waals surface area contributed by atoms with Crippen LogP contribution in [0.2, 0.25) is 0 Å². The van der Waals surface area contributed by atoms with E-state index in [1.54, 1.807) is 0 Å². The van der Waals surface area contributed by atoms with Gasteiger partial charge < -0.3 is 9.84 Å². The lowest BCUT2D eigenvalue weighted by Gasteiger charge is -2.21. The summed E-state index contributed by atoms with van der Waals surface area (Å²) in [6.45, 7) is 8.85. The molecule has 0 rings (SSSR count). The minimum Gasteiger partial charge on any atom is -0.390 e. The third-order valence-corrected chi connectivity index (χ3v) is 2.31. The number of hydrogen-bond donors (Lipinski definition) is 1. The van der Waals surface area contributed by atoms with Gasteiger partial charge in [-0.25, -0.2) is 0 Å². The van der Waals surface area contributed by atoms with Crippen molar-refractivity contribution in [3.63, 3.8) is 0 Å². The van der Waals surface area contributed by atoms with Gasteiger partial charge in [0, 0.05) is 6.61 Å². The highest BCUT2D eigenvalue weighted by molar-refractivity contribution is 4.66. The van der Waals surface area contributed by atoms with Crippen molar-refractivity contribution in [1.82, 2.24) is 0 Å². The molecule has 0 saturated carbocycles. The van der Waals surface area contributed by atoms with E-state index in [1.807, 2.05) is 13.8 Å². The van der Waals surface area contributed by atoms with Gasteiger partial charge >= 0.3 is 0 Å². The molecule has 3 atom stereocenters. The summed E-state index contributed by atoms with van der Waals surface area (Å²) >= 11 is 0. The molecule has 0 spiro atoms. The van der Waals surface area contributed by atoms with Crippen LogP contribution in [0.1, 0.15) is 40.5 Å². The molecule has 0 heterocycles. The number of aliphatic hydroxyl groups excluding tert-OH is 1. The van der Waals surface area contributed by atoms with Gasteiger partial charge in [0.1, 0.15) is 0 Å². The lowest BCUT2D eigenvalue weighted by molar-refractivity contribution is -0.0306. The van der Waals surface area contributed by atoms with Crippen LogP contribution < -0.4 is 0 Å². The molecule has 2 heteroatoms. The van der Waals surface area contributed by atoms with E-state index in [0.29, 0.717) is 12.5 Å². The van der Waals surface area contributed by atoms with Crippen molar-refractivity contribution < 1.29 is 9.84 Å². The average molecular weight is 174 g/mol. The van der Waals surface area contributed by atoms with Crippen molar-refractivity contribution in [2.24, 2.45) is 5.92 Å². The smallest absolute Gasteiger partial charge is 0.0805 e. The monoisotopic (exact) mass is 174 g/mol. The second-order valence-electron chi connectivity index (χ2n) is 3.48. The summed E-state index contributed by atoms with van der Waals surface area (Å²) in [4.78, 5) is 0. The topological polar surface area (TPSA) is 29.5 Å². The molecule has 74 valence electrons. The molecule has 0 aromatic rings. The maximum Gasteiger partial charge on any atom is 0.0805 e. The predicted molar refractivity (Wildman–Crippen MR) is 51.2 cm³/mol. The molecule has 0 bridgehead atoms. The van der Waals surface area contributed by atoms with Crippen molar-refractivity contribution >= 4 is 0 Å². The van der Waals surface area contributed by atoms with Crippen molar-refractivity contribution in [1.29, 1.82) is 0 Å². The van der Waals surface area contributed by atoms with E-state index in [2.05, 4.69) is 13.8 Å². The van der Waals surface area contributed by atoms with E-state index in [9.17, 15) is 5.11 Å². The van der Waals surface area contributed by atoms with Crippen LogP contribution in [0, 0.1) is 5.92 Å². The molecule has 0 aliphatic heterocycles. The molecular formula is C10H22O2. The molecule has 0 amide bonds. The first-order valence-corrected chi connectivity index (χ1v) is 4.91. The Kier molecular flexibility index (Phi) is 6.39. The van der Waals surface area contributed by atoms with Gasteiger partial charge in [0.05, 0.1) is 12.2 Å². The second-order valence-corrected chi connectivity index (χ2v) is 3.48. The fraction of sp³-hybridized carbons (Fsp3) is 1.00. The first-order valence-electron chi connectivity index (χ1n) is 4.91. The van der Waals surface area contributed by atoms with Crippen LogP contribution in [-0.2, 0) is 4.74 Å². The van der Waals surface area contributed by atoms with E-state index in [0.717, 1.165) is 12.8 Å². The predicted octanol–water partition coefficient (Wildman–Crippen LogP) is 2.21. The fourth-order valence-electron chi connectivity index (χ4n) is 1.14. The first kappa shape index (κ1) is 11.9. The van der Waals surface area contributed by atoms with Gasteiger partial charge in [-0.15, -0.1) is 0 Å². The Bertz CT molecular complexity index is 104. The number of rotatable bonds is 6. The van der Waals surface area contributed by atoms with Crippen LogP contribution in [-0.4, -0.2) is 23.9 Å². The fourth-order valence-corrected chi connectivity index (χ4v) is 1.14. The summed E-state index contributed by atoms with van der Waals surface area (Å²) in [6, 6.07) is 0. The largest absolute Gasteiger partial charge is 0.390 e. The normalized spacial score (nSPS) is 18.8. The molecule has 12 heavy (non-hydrogen) atoms. The summed E-state index contributed by atoms with van der Waals surface area (Å²) in [7, 11) is 0. The molecule has 0 aromatic carbocycles. The maximum absolute atomic E-state index is 9.63. The first-order chi connectivity index (χ1) is 5.61. The summed E-state index contributed by atoms with van der Waals surface area (Å²) in [5.74, 6) is 0.586. The van der Waals surface area contributed by atoms with Gasteiger partial charge in [0.2, 0.25) is 0 Å². The Morgan fingerprint density at radius 3 is 2.25 bits per heavy atom. The Labute approximate surface area is 75.9 Å². The van der Waals surface area contributed by atoms with Gasteiger partial charge in [0.15, 0.2) is 0 Å². The molecule has 0 aliphatic rings. The van der Waals surface area contributed by atoms with Crippen LogP contribution >= 0.6 is 0 Å². The molecule has 0 radical (unpaired) electrons. The third-order valence-electron chi connectivity index (χ3n) is 2.31. The van der Waals surface area contributed by atoms with E-state index in [-0.39, 0.29) is 12.2 Å². The van der Waals surface area contributed by atoms with Gasteiger partial charge in [-0.05, 0) is 26.2 Å². The highest BCUT2D eigenvalue weighted by Crippen LogP contribution is 2.13. The third kappa shape index (κ3) is 4.73. The van der Waals surface area contributed by atoms with E-state index < -0.39 is 0 Å². The van der Waals surface area contributed by atoms with Crippen molar-refractivity contribution in [2.45, 2.75) is 52.7 Å². The van der Waals surface area contributed by atoms with E-state index >= 15 is 0 Å².